The van der Waals surface area contributed by atoms with Crippen LogP contribution < -0.4 is 4.74 Å². The zero-order valence-electron chi connectivity index (χ0n) is 9.81. The Morgan fingerprint density at radius 2 is 2.32 bits per heavy atom. The molecular weight excluding hydrogens is 277 g/mol. The van der Waals surface area contributed by atoms with Gasteiger partial charge in [-0.05, 0) is 18.2 Å². The molecule has 19 heavy (non-hydrogen) atoms. The maximum atomic E-state index is 12.9. The predicted molar refractivity (Wildman–Crippen MR) is 64.7 cm³/mol. The van der Waals surface area contributed by atoms with Gasteiger partial charge in [0.1, 0.15) is 18.1 Å². The number of aliphatic carboxylic acids is 1. The van der Waals surface area contributed by atoms with E-state index in [2.05, 4.69) is 0 Å². The van der Waals surface area contributed by atoms with Crippen molar-refractivity contribution >= 4 is 23.5 Å². The van der Waals surface area contributed by atoms with Crippen molar-refractivity contribution < 1.29 is 23.8 Å². The van der Waals surface area contributed by atoms with Gasteiger partial charge in [0, 0.05) is 13.0 Å². The number of carbonyl (C=O) groups is 2. The number of amides is 1. The number of hydrogen-bond donors (Lipinski definition) is 1. The Hall–Kier alpha value is -1.82. The van der Waals surface area contributed by atoms with Crippen LogP contribution >= 0.6 is 11.6 Å². The SMILES string of the molecule is O=C(O)CN1CCC(Oc2ccc(F)cc2Cl)C1=O. The number of ether oxygens (including phenoxy) is 1. The van der Waals surface area contributed by atoms with Gasteiger partial charge in [0.2, 0.25) is 0 Å². The van der Waals surface area contributed by atoms with Crippen molar-refractivity contribution in [3.8, 4) is 5.75 Å². The maximum absolute atomic E-state index is 12.9. The smallest absolute Gasteiger partial charge is 0.323 e. The van der Waals surface area contributed by atoms with Gasteiger partial charge < -0.3 is 14.7 Å². The lowest BCUT2D eigenvalue weighted by Crippen LogP contribution is -2.35. The number of nitrogens with zero attached hydrogens (tertiary/aromatic N) is 1. The van der Waals surface area contributed by atoms with E-state index in [1.807, 2.05) is 0 Å². The number of hydrogen-bond acceptors (Lipinski definition) is 3. The van der Waals surface area contributed by atoms with Gasteiger partial charge in [-0.1, -0.05) is 11.6 Å². The largest absolute Gasteiger partial charge is 0.480 e. The lowest BCUT2D eigenvalue weighted by molar-refractivity contribution is -0.144. The molecule has 102 valence electrons. The van der Waals surface area contributed by atoms with Crippen LogP contribution in [0.15, 0.2) is 18.2 Å². The number of carbonyl (C=O) groups excluding carboxylic acids is 1. The topological polar surface area (TPSA) is 66.8 Å². The zero-order valence-corrected chi connectivity index (χ0v) is 10.6. The molecule has 1 fully saturated rings. The Kier molecular flexibility index (Phi) is 3.90. The molecule has 5 nitrogen and oxygen atoms in total. The first-order valence-corrected chi connectivity index (χ1v) is 5.97. The van der Waals surface area contributed by atoms with E-state index in [-0.39, 0.29) is 17.3 Å². The van der Waals surface area contributed by atoms with E-state index < -0.39 is 23.8 Å². The maximum Gasteiger partial charge on any atom is 0.323 e. The minimum Gasteiger partial charge on any atom is -0.480 e. The van der Waals surface area contributed by atoms with Crippen LogP contribution in [0.1, 0.15) is 6.42 Å². The van der Waals surface area contributed by atoms with Crippen molar-refractivity contribution in [2.24, 2.45) is 0 Å². The van der Waals surface area contributed by atoms with Crippen LogP contribution in [0.2, 0.25) is 5.02 Å². The highest BCUT2D eigenvalue weighted by Crippen LogP contribution is 2.28. The average molecular weight is 288 g/mol. The molecule has 0 aromatic heterocycles. The van der Waals surface area contributed by atoms with Crippen molar-refractivity contribution in [1.82, 2.24) is 4.90 Å². The van der Waals surface area contributed by atoms with Crippen molar-refractivity contribution in [2.75, 3.05) is 13.1 Å². The molecule has 1 amide bonds. The molecule has 2 rings (SSSR count). The summed E-state index contributed by atoms with van der Waals surface area (Å²) >= 11 is 5.79. The molecule has 1 atom stereocenters. The van der Waals surface area contributed by atoms with E-state index in [4.69, 9.17) is 21.4 Å². The van der Waals surface area contributed by atoms with Gasteiger partial charge in [-0.3, -0.25) is 9.59 Å². The van der Waals surface area contributed by atoms with E-state index in [1.165, 1.54) is 17.0 Å². The molecule has 1 aliphatic heterocycles. The molecule has 0 saturated carbocycles. The Bertz CT molecular complexity index is 522. The minimum absolute atomic E-state index is 0.0736. The third-order valence-electron chi connectivity index (χ3n) is 2.74. The molecule has 0 aliphatic carbocycles. The van der Waals surface area contributed by atoms with Gasteiger partial charge in [-0.2, -0.15) is 0 Å². The lowest BCUT2D eigenvalue weighted by Gasteiger charge is -2.15. The number of likely N-dealkylation sites (tertiary alicyclic amines) is 1. The van der Waals surface area contributed by atoms with Gasteiger partial charge in [0.05, 0.1) is 5.02 Å². The van der Waals surface area contributed by atoms with E-state index in [0.29, 0.717) is 13.0 Å². The third kappa shape index (κ3) is 3.14. The van der Waals surface area contributed by atoms with Gasteiger partial charge in [0.15, 0.2) is 6.10 Å². The first-order valence-electron chi connectivity index (χ1n) is 5.59. The number of carboxylic acids is 1. The monoisotopic (exact) mass is 287 g/mol. The summed E-state index contributed by atoms with van der Waals surface area (Å²) in [6.45, 7) is -0.0372. The molecule has 1 aromatic carbocycles. The van der Waals surface area contributed by atoms with Crippen molar-refractivity contribution in [2.45, 2.75) is 12.5 Å². The Morgan fingerprint density at radius 3 is 2.95 bits per heavy atom. The number of rotatable bonds is 4. The second kappa shape index (κ2) is 5.44. The molecule has 7 heteroatoms. The molecule has 1 aliphatic rings. The molecule has 1 heterocycles. The minimum atomic E-state index is -1.08. The molecule has 1 aromatic rings. The highest BCUT2D eigenvalue weighted by Gasteiger charge is 2.34. The fraction of sp³-hybridized carbons (Fsp3) is 0.333. The average Bonchev–Trinajstić information content (AvgIpc) is 2.64. The molecule has 1 saturated heterocycles. The number of carboxylic acid groups (broad SMARTS) is 1. The summed E-state index contributed by atoms with van der Waals surface area (Å²) < 4.78 is 18.3. The Morgan fingerprint density at radius 1 is 1.58 bits per heavy atom. The van der Waals surface area contributed by atoms with Gasteiger partial charge in [-0.15, -0.1) is 0 Å². The molecule has 0 radical (unpaired) electrons. The van der Waals surface area contributed by atoms with Crippen LogP contribution in [0.4, 0.5) is 4.39 Å². The van der Waals surface area contributed by atoms with E-state index >= 15 is 0 Å². The second-order valence-electron chi connectivity index (χ2n) is 4.12. The highest BCUT2D eigenvalue weighted by molar-refractivity contribution is 6.32. The van der Waals surface area contributed by atoms with Crippen LogP contribution in [0.25, 0.3) is 0 Å². The quantitative estimate of drug-likeness (QED) is 0.912. The lowest BCUT2D eigenvalue weighted by atomic mass is 10.3. The summed E-state index contributed by atoms with van der Waals surface area (Å²) in [6.07, 6.45) is -0.401. The molecule has 1 N–H and O–H groups in total. The number of halogens is 2. The van der Waals surface area contributed by atoms with Gasteiger partial charge >= 0.3 is 5.97 Å². The van der Waals surface area contributed by atoms with Crippen molar-refractivity contribution in [3.05, 3.63) is 29.0 Å². The molecule has 0 spiro atoms. The second-order valence-corrected chi connectivity index (χ2v) is 4.53. The summed E-state index contributed by atoms with van der Waals surface area (Å²) in [5.74, 6) is -1.77. The Labute approximate surface area is 113 Å². The summed E-state index contributed by atoms with van der Waals surface area (Å²) in [7, 11) is 0. The molecule has 0 bridgehead atoms. The van der Waals surface area contributed by atoms with Crippen molar-refractivity contribution in [1.29, 1.82) is 0 Å². The predicted octanol–water partition coefficient (Wildman–Crippen LogP) is 1.54. The first kappa shape index (κ1) is 13.6. The van der Waals surface area contributed by atoms with E-state index in [9.17, 15) is 14.0 Å². The van der Waals surface area contributed by atoms with Gasteiger partial charge in [0.25, 0.3) is 5.91 Å². The van der Waals surface area contributed by atoms with Crippen LogP contribution in [0.3, 0.4) is 0 Å². The number of benzene rings is 1. The van der Waals surface area contributed by atoms with Crippen LogP contribution in [0.5, 0.6) is 5.75 Å². The fourth-order valence-corrected chi connectivity index (χ4v) is 2.08. The van der Waals surface area contributed by atoms with Crippen molar-refractivity contribution in [3.63, 3.8) is 0 Å². The van der Waals surface area contributed by atoms with Gasteiger partial charge in [-0.25, -0.2) is 4.39 Å². The van der Waals surface area contributed by atoms with Crippen LogP contribution in [-0.2, 0) is 9.59 Å². The van der Waals surface area contributed by atoms with E-state index in [0.717, 1.165) is 6.07 Å². The fourth-order valence-electron chi connectivity index (χ4n) is 1.86. The van der Waals surface area contributed by atoms with Crippen LogP contribution in [0, 0.1) is 5.82 Å². The molecular formula is C12H11ClFNO4. The standard InChI is InChI=1S/C12H11ClFNO4/c13-8-5-7(14)1-2-9(8)19-10-3-4-15(12(10)18)6-11(16)17/h1-2,5,10H,3-4,6H2,(H,16,17). The molecule has 1 unspecified atom stereocenters. The summed E-state index contributed by atoms with van der Waals surface area (Å²) in [6, 6.07) is 3.60. The zero-order chi connectivity index (χ0) is 14.0. The third-order valence-corrected chi connectivity index (χ3v) is 3.03. The first-order chi connectivity index (χ1) is 8.97. The van der Waals surface area contributed by atoms with Crippen LogP contribution in [-0.4, -0.2) is 41.1 Å². The van der Waals surface area contributed by atoms with E-state index in [1.54, 1.807) is 0 Å². The summed E-state index contributed by atoms with van der Waals surface area (Å²) in [4.78, 5) is 23.6. The summed E-state index contributed by atoms with van der Waals surface area (Å²) in [5, 5.41) is 8.72. The highest BCUT2D eigenvalue weighted by atomic mass is 35.5. The summed E-state index contributed by atoms with van der Waals surface area (Å²) in [5.41, 5.74) is 0. The Balaban J connectivity index is 2.04. The normalized spacial score (nSPS) is 18.7.